The minimum Gasteiger partial charge on any atom is -0.394 e. The highest BCUT2D eigenvalue weighted by Crippen LogP contribution is 2.19. The van der Waals surface area contributed by atoms with Gasteiger partial charge in [-0.05, 0) is 19.8 Å². The minimum atomic E-state index is -0.322. The van der Waals surface area contributed by atoms with Crippen LogP contribution in [0.2, 0.25) is 5.02 Å². The van der Waals surface area contributed by atoms with Gasteiger partial charge in [-0.3, -0.25) is 4.79 Å². The molecule has 1 aromatic rings. The highest BCUT2D eigenvalue weighted by atomic mass is 35.5. The number of hydrogen-bond donors (Lipinski definition) is 2. The molecule has 102 valence electrons. The standard InChI is InChI=1S/C12H20ClN3O2/c1-7(2)10(6-17)15-9-5-14-16(8(3)4)12(18)11(9)13/h5,7-8,10,15,17H,6H2,1-4H3/t10-/m1/s1. The van der Waals surface area contributed by atoms with E-state index in [0.717, 1.165) is 0 Å². The third-order valence-corrected chi connectivity index (χ3v) is 3.14. The van der Waals surface area contributed by atoms with Crippen LogP contribution in [0.3, 0.4) is 0 Å². The van der Waals surface area contributed by atoms with Crippen LogP contribution in [0.4, 0.5) is 5.69 Å². The lowest BCUT2D eigenvalue weighted by Crippen LogP contribution is -2.32. The van der Waals surface area contributed by atoms with E-state index in [4.69, 9.17) is 11.6 Å². The minimum absolute atomic E-state index is 0.0265. The number of aliphatic hydroxyl groups is 1. The molecular formula is C12H20ClN3O2. The molecule has 0 saturated heterocycles. The SMILES string of the molecule is CC(C)[C@@H](CO)Nc1cnn(C(C)C)c(=O)c1Cl. The number of halogens is 1. The summed E-state index contributed by atoms with van der Waals surface area (Å²) in [6, 6.07) is -0.193. The Kier molecular flexibility index (Phi) is 5.16. The quantitative estimate of drug-likeness (QED) is 0.860. The van der Waals surface area contributed by atoms with Crippen molar-refractivity contribution >= 4 is 17.3 Å². The summed E-state index contributed by atoms with van der Waals surface area (Å²) < 4.78 is 1.33. The Morgan fingerprint density at radius 3 is 2.50 bits per heavy atom. The van der Waals surface area contributed by atoms with Crippen LogP contribution in [0, 0.1) is 5.92 Å². The van der Waals surface area contributed by atoms with E-state index in [1.54, 1.807) is 0 Å². The number of nitrogens with zero attached hydrogens (tertiary/aromatic N) is 2. The van der Waals surface area contributed by atoms with Crippen LogP contribution in [0.15, 0.2) is 11.0 Å². The zero-order valence-electron chi connectivity index (χ0n) is 11.1. The summed E-state index contributed by atoms with van der Waals surface area (Å²) in [5, 5.41) is 16.5. The van der Waals surface area contributed by atoms with Gasteiger partial charge in [0, 0.05) is 0 Å². The predicted octanol–water partition coefficient (Wildman–Crippen LogP) is 1.91. The van der Waals surface area contributed by atoms with Gasteiger partial charge in [0.05, 0.1) is 30.6 Å². The van der Waals surface area contributed by atoms with Crippen molar-refractivity contribution in [1.29, 1.82) is 0 Å². The molecule has 0 aliphatic heterocycles. The fourth-order valence-corrected chi connectivity index (χ4v) is 1.73. The van der Waals surface area contributed by atoms with E-state index in [-0.39, 0.29) is 35.2 Å². The topological polar surface area (TPSA) is 67.2 Å². The molecule has 5 nitrogen and oxygen atoms in total. The molecule has 18 heavy (non-hydrogen) atoms. The Bertz CT molecular complexity index is 457. The van der Waals surface area contributed by atoms with E-state index in [0.29, 0.717) is 5.69 Å². The zero-order valence-corrected chi connectivity index (χ0v) is 11.9. The van der Waals surface area contributed by atoms with Gasteiger partial charge in [-0.2, -0.15) is 5.10 Å². The van der Waals surface area contributed by atoms with Crippen molar-refractivity contribution < 1.29 is 5.11 Å². The molecule has 0 bridgehead atoms. The second-order valence-corrected chi connectivity index (χ2v) is 5.27. The van der Waals surface area contributed by atoms with Gasteiger partial charge in [0.2, 0.25) is 0 Å². The van der Waals surface area contributed by atoms with Crippen LogP contribution in [0.25, 0.3) is 0 Å². The van der Waals surface area contributed by atoms with Crippen molar-refractivity contribution in [3.05, 3.63) is 21.6 Å². The molecule has 0 aromatic carbocycles. The molecule has 0 amide bonds. The summed E-state index contributed by atoms with van der Waals surface area (Å²) in [7, 11) is 0. The maximum absolute atomic E-state index is 11.9. The van der Waals surface area contributed by atoms with E-state index in [2.05, 4.69) is 10.4 Å². The van der Waals surface area contributed by atoms with Crippen molar-refractivity contribution in [2.45, 2.75) is 39.8 Å². The number of anilines is 1. The van der Waals surface area contributed by atoms with E-state index in [9.17, 15) is 9.90 Å². The van der Waals surface area contributed by atoms with Gasteiger partial charge in [0.15, 0.2) is 0 Å². The van der Waals surface area contributed by atoms with Gasteiger partial charge in [-0.1, -0.05) is 25.4 Å². The molecule has 1 aromatic heterocycles. The van der Waals surface area contributed by atoms with Crippen molar-refractivity contribution in [2.24, 2.45) is 5.92 Å². The third-order valence-electron chi connectivity index (χ3n) is 2.78. The van der Waals surface area contributed by atoms with Crippen LogP contribution in [0.5, 0.6) is 0 Å². The molecule has 0 fully saturated rings. The van der Waals surface area contributed by atoms with Gasteiger partial charge in [0.25, 0.3) is 5.56 Å². The molecule has 0 unspecified atom stereocenters. The number of aliphatic hydroxyl groups excluding tert-OH is 1. The van der Waals surface area contributed by atoms with Crippen LogP contribution < -0.4 is 10.9 Å². The first-order valence-corrected chi connectivity index (χ1v) is 6.41. The lowest BCUT2D eigenvalue weighted by molar-refractivity contribution is 0.249. The summed E-state index contributed by atoms with van der Waals surface area (Å²) >= 11 is 6.03. The molecule has 0 aliphatic rings. The Balaban J connectivity index is 3.06. The van der Waals surface area contributed by atoms with Crippen LogP contribution in [-0.2, 0) is 0 Å². The highest BCUT2D eigenvalue weighted by Gasteiger charge is 2.16. The summed E-state index contributed by atoms with van der Waals surface area (Å²) in [6.45, 7) is 7.65. The van der Waals surface area contributed by atoms with Gasteiger partial charge in [0.1, 0.15) is 5.02 Å². The number of nitrogens with one attached hydrogen (secondary N) is 1. The first kappa shape index (κ1) is 15.0. The summed E-state index contributed by atoms with van der Waals surface area (Å²) in [5.74, 6) is 0.221. The molecule has 0 radical (unpaired) electrons. The average molecular weight is 274 g/mol. The second-order valence-electron chi connectivity index (χ2n) is 4.89. The summed E-state index contributed by atoms with van der Waals surface area (Å²) in [5.41, 5.74) is 0.142. The number of aromatic nitrogens is 2. The Morgan fingerprint density at radius 1 is 1.44 bits per heavy atom. The fraction of sp³-hybridized carbons (Fsp3) is 0.667. The van der Waals surface area contributed by atoms with E-state index >= 15 is 0 Å². The Hall–Kier alpha value is -1.07. The average Bonchev–Trinajstić information content (AvgIpc) is 2.30. The van der Waals surface area contributed by atoms with Gasteiger partial charge >= 0.3 is 0 Å². The Labute approximate surface area is 112 Å². The first-order valence-electron chi connectivity index (χ1n) is 6.03. The summed E-state index contributed by atoms with van der Waals surface area (Å²) in [4.78, 5) is 11.9. The van der Waals surface area contributed by atoms with Crippen molar-refractivity contribution in [1.82, 2.24) is 9.78 Å². The van der Waals surface area contributed by atoms with Crippen molar-refractivity contribution in [2.75, 3.05) is 11.9 Å². The smallest absolute Gasteiger partial charge is 0.287 e. The van der Waals surface area contributed by atoms with Crippen LogP contribution in [0.1, 0.15) is 33.7 Å². The van der Waals surface area contributed by atoms with Crippen LogP contribution in [-0.4, -0.2) is 27.5 Å². The number of rotatable bonds is 5. The van der Waals surface area contributed by atoms with E-state index in [1.807, 2.05) is 27.7 Å². The van der Waals surface area contributed by atoms with Crippen LogP contribution >= 0.6 is 11.6 Å². The van der Waals surface area contributed by atoms with Crippen molar-refractivity contribution in [3.63, 3.8) is 0 Å². The molecule has 1 heterocycles. The molecule has 0 aliphatic carbocycles. The zero-order chi connectivity index (χ0) is 13.9. The summed E-state index contributed by atoms with van der Waals surface area (Å²) in [6.07, 6.45) is 1.52. The normalized spacial score (nSPS) is 13.1. The molecule has 6 heteroatoms. The van der Waals surface area contributed by atoms with E-state index < -0.39 is 0 Å². The lowest BCUT2D eigenvalue weighted by atomic mass is 10.1. The van der Waals surface area contributed by atoms with Crippen molar-refractivity contribution in [3.8, 4) is 0 Å². The maximum atomic E-state index is 11.9. The molecular weight excluding hydrogens is 254 g/mol. The molecule has 0 spiro atoms. The third kappa shape index (κ3) is 3.23. The van der Waals surface area contributed by atoms with Gasteiger partial charge in [-0.15, -0.1) is 0 Å². The number of hydrogen-bond acceptors (Lipinski definition) is 4. The Morgan fingerprint density at radius 2 is 2.06 bits per heavy atom. The predicted molar refractivity (Wildman–Crippen MR) is 73.2 cm³/mol. The molecule has 2 N–H and O–H groups in total. The van der Waals surface area contributed by atoms with E-state index in [1.165, 1.54) is 10.9 Å². The largest absolute Gasteiger partial charge is 0.394 e. The fourth-order valence-electron chi connectivity index (χ4n) is 1.54. The van der Waals surface area contributed by atoms with Gasteiger partial charge in [-0.25, -0.2) is 4.68 Å². The highest BCUT2D eigenvalue weighted by molar-refractivity contribution is 6.32. The molecule has 1 rings (SSSR count). The second kappa shape index (κ2) is 6.20. The first-order chi connectivity index (χ1) is 8.38. The maximum Gasteiger partial charge on any atom is 0.287 e. The monoisotopic (exact) mass is 273 g/mol. The molecule has 0 saturated carbocycles. The van der Waals surface area contributed by atoms with Gasteiger partial charge < -0.3 is 10.4 Å². The molecule has 1 atom stereocenters. The lowest BCUT2D eigenvalue weighted by Gasteiger charge is -2.22.